The maximum atomic E-state index is 13.7. The summed E-state index contributed by atoms with van der Waals surface area (Å²) in [6.45, 7) is 3.69. The Morgan fingerprint density at radius 2 is 1.79 bits per heavy atom. The van der Waals surface area contributed by atoms with Crippen molar-refractivity contribution in [2.75, 3.05) is 13.1 Å². The molecule has 2 unspecified atom stereocenters. The van der Waals surface area contributed by atoms with E-state index in [0.29, 0.717) is 12.5 Å². The van der Waals surface area contributed by atoms with Gasteiger partial charge in [-0.25, -0.2) is 9.18 Å². The maximum Gasteiger partial charge on any atom is 0.416 e. The van der Waals surface area contributed by atoms with Gasteiger partial charge in [0.1, 0.15) is 23.4 Å². The molecule has 1 aliphatic heterocycles. The van der Waals surface area contributed by atoms with Gasteiger partial charge in [-0.15, -0.1) is 0 Å². The number of carboxylic acids is 1. The molecule has 8 nitrogen and oxygen atoms in total. The zero-order chi connectivity index (χ0) is 28.2. The van der Waals surface area contributed by atoms with Crippen LogP contribution in [0.4, 0.5) is 17.6 Å². The number of benzene rings is 2. The SMILES string of the molecule is CCCN=C1/C(=C(\N)C(=O)O)C(c2ccc(F)cc2)C(NC(=O)c2cccc(C(F)(F)F)c2)C(=O)N1CC. The Morgan fingerprint density at radius 1 is 1.13 bits per heavy atom. The molecule has 0 bridgehead atoms. The van der Waals surface area contributed by atoms with Crippen molar-refractivity contribution in [1.29, 1.82) is 0 Å². The molecular weight excluding hydrogens is 508 g/mol. The van der Waals surface area contributed by atoms with E-state index in [1.807, 2.05) is 6.92 Å². The number of alkyl halides is 3. The number of hydrogen-bond donors (Lipinski definition) is 3. The second kappa shape index (κ2) is 11.4. The standard InChI is InChI=1S/C26H26F4N4O4/c1-3-12-32-22-19(20(31)25(37)38)18(14-8-10-17(27)11-9-14)21(24(36)34(22)4-2)33-23(35)15-6-5-7-16(13-15)26(28,29)30/h5-11,13,18,21H,3-4,12,31H2,1-2H3,(H,33,35)(H,37,38)/b20-19-,32-22?. The van der Waals surface area contributed by atoms with Crippen LogP contribution in [-0.4, -0.2) is 52.8 Å². The van der Waals surface area contributed by atoms with Crippen molar-refractivity contribution in [2.24, 2.45) is 10.7 Å². The number of nitrogens with two attached hydrogens (primary N) is 1. The van der Waals surface area contributed by atoms with Gasteiger partial charge in [0, 0.05) is 30.1 Å². The van der Waals surface area contributed by atoms with E-state index in [1.54, 1.807) is 6.92 Å². The third-order valence-corrected chi connectivity index (χ3v) is 5.96. The molecular formula is C26H26F4N4O4. The largest absolute Gasteiger partial charge is 0.477 e. The molecule has 0 saturated carbocycles. The van der Waals surface area contributed by atoms with Crippen LogP contribution in [0.3, 0.4) is 0 Å². The summed E-state index contributed by atoms with van der Waals surface area (Å²) in [5.74, 6) is -5.03. The number of likely N-dealkylation sites (tertiary alicyclic amines) is 1. The van der Waals surface area contributed by atoms with E-state index in [1.165, 1.54) is 12.1 Å². The highest BCUT2D eigenvalue weighted by molar-refractivity contribution is 6.17. The number of amidine groups is 1. The van der Waals surface area contributed by atoms with Gasteiger partial charge in [0.05, 0.1) is 5.56 Å². The predicted octanol–water partition coefficient (Wildman–Crippen LogP) is 3.69. The topological polar surface area (TPSA) is 125 Å². The number of carboxylic acid groups (broad SMARTS) is 1. The van der Waals surface area contributed by atoms with Gasteiger partial charge in [-0.3, -0.25) is 19.5 Å². The lowest BCUT2D eigenvalue weighted by Crippen LogP contribution is -2.59. The van der Waals surface area contributed by atoms with Gasteiger partial charge in [0.25, 0.3) is 11.8 Å². The van der Waals surface area contributed by atoms with Crippen molar-refractivity contribution >= 4 is 23.6 Å². The first-order chi connectivity index (χ1) is 17.9. The van der Waals surface area contributed by atoms with E-state index in [2.05, 4.69) is 10.3 Å². The van der Waals surface area contributed by atoms with Gasteiger partial charge in [0.2, 0.25) is 0 Å². The molecule has 0 aliphatic carbocycles. The van der Waals surface area contributed by atoms with Crippen LogP contribution in [-0.2, 0) is 15.8 Å². The summed E-state index contributed by atoms with van der Waals surface area (Å²) in [4.78, 5) is 44.4. The summed E-state index contributed by atoms with van der Waals surface area (Å²) in [6, 6.07) is 6.96. The fraction of sp³-hybridized carbons (Fsp3) is 0.308. The van der Waals surface area contributed by atoms with Crippen LogP contribution in [0.5, 0.6) is 0 Å². The van der Waals surface area contributed by atoms with E-state index < -0.39 is 53.0 Å². The van der Waals surface area contributed by atoms with Gasteiger partial charge in [-0.2, -0.15) is 13.2 Å². The van der Waals surface area contributed by atoms with Crippen molar-refractivity contribution in [3.05, 3.63) is 82.3 Å². The van der Waals surface area contributed by atoms with Gasteiger partial charge in [0.15, 0.2) is 0 Å². The van der Waals surface area contributed by atoms with Crippen LogP contribution in [0, 0.1) is 5.82 Å². The zero-order valence-electron chi connectivity index (χ0n) is 20.6. The molecule has 1 saturated heterocycles. The summed E-state index contributed by atoms with van der Waals surface area (Å²) >= 11 is 0. The number of aliphatic imine (C=N–C) groups is 1. The number of nitrogens with zero attached hydrogens (tertiary/aromatic N) is 2. The molecule has 1 fully saturated rings. The first-order valence-electron chi connectivity index (χ1n) is 11.7. The first kappa shape index (κ1) is 28.4. The Morgan fingerprint density at radius 3 is 2.34 bits per heavy atom. The number of aliphatic carboxylic acids is 1. The Hall–Kier alpha value is -4.22. The van der Waals surface area contributed by atoms with Crippen molar-refractivity contribution in [3.8, 4) is 0 Å². The van der Waals surface area contributed by atoms with Crippen molar-refractivity contribution in [1.82, 2.24) is 10.2 Å². The molecule has 2 aromatic carbocycles. The zero-order valence-corrected chi connectivity index (χ0v) is 20.6. The minimum atomic E-state index is -4.71. The van der Waals surface area contributed by atoms with Crippen LogP contribution in [0.15, 0.2) is 64.8 Å². The Labute approximate surface area is 215 Å². The van der Waals surface area contributed by atoms with E-state index in [9.17, 15) is 37.1 Å². The van der Waals surface area contributed by atoms with Gasteiger partial charge >= 0.3 is 12.1 Å². The number of halogens is 4. The summed E-state index contributed by atoms with van der Waals surface area (Å²) in [5.41, 5.74) is 4.10. The smallest absolute Gasteiger partial charge is 0.416 e. The number of amides is 2. The molecule has 202 valence electrons. The molecule has 0 aromatic heterocycles. The van der Waals surface area contributed by atoms with Crippen molar-refractivity contribution in [3.63, 3.8) is 0 Å². The fourth-order valence-electron chi connectivity index (χ4n) is 4.20. The number of rotatable bonds is 7. The lowest BCUT2D eigenvalue weighted by Gasteiger charge is -2.41. The number of carbonyl (C=O) groups is 3. The average Bonchev–Trinajstić information content (AvgIpc) is 2.88. The van der Waals surface area contributed by atoms with E-state index in [-0.39, 0.29) is 35.6 Å². The maximum absolute atomic E-state index is 13.7. The molecule has 12 heteroatoms. The van der Waals surface area contributed by atoms with E-state index in [4.69, 9.17) is 5.73 Å². The molecule has 2 aromatic rings. The van der Waals surface area contributed by atoms with Crippen LogP contribution in [0.25, 0.3) is 0 Å². The highest BCUT2D eigenvalue weighted by atomic mass is 19.4. The van der Waals surface area contributed by atoms with E-state index >= 15 is 0 Å². The molecule has 0 spiro atoms. The summed E-state index contributed by atoms with van der Waals surface area (Å²) in [5, 5.41) is 12.2. The van der Waals surface area contributed by atoms with Crippen LogP contribution < -0.4 is 11.1 Å². The van der Waals surface area contributed by atoms with Gasteiger partial charge in [-0.1, -0.05) is 25.1 Å². The normalized spacial score (nSPS) is 20.4. The molecule has 0 radical (unpaired) electrons. The average molecular weight is 535 g/mol. The molecule has 1 aliphatic rings. The number of hydrogen-bond acceptors (Lipinski definition) is 5. The lowest BCUT2D eigenvalue weighted by atomic mass is 9.78. The number of piperidine rings is 1. The first-order valence-corrected chi connectivity index (χ1v) is 11.7. The van der Waals surface area contributed by atoms with Crippen LogP contribution >= 0.6 is 0 Å². The second-order valence-corrected chi connectivity index (χ2v) is 8.48. The predicted molar refractivity (Wildman–Crippen MR) is 131 cm³/mol. The van der Waals surface area contributed by atoms with Gasteiger partial charge in [-0.05, 0) is 49.2 Å². The molecule has 2 atom stereocenters. The Balaban J connectivity index is 2.21. The molecule has 38 heavy (non-hydrogen) atoms. The number of nitrogens with one attached hydrogen (secondary N) is 1. The van der Waals surface area contributed by atoms with Crippen LogP contribution in [0.2, 0.25) is 0 Å². The number of carbonyl (C=O) groups excluding carboxylic acids is 2. The Kier molecular flexibility index (Phi) is 8.54. The molecule has 2 amide bonds. The summed E-state index contributed by atoms with van der Waals surface area (Å²) in [6.07, 6.45) is -4.14. The third-order valence-electron chi connectivity index (χ3n) is 5.96. The van der Waals surface area contributed by atoms with Crippen LogP contribution in [0.1, 0.15) is 47.7 Å². The van der Waals surface area contributed by atoms with Crippen molar-refractivity contribution in [2.45, 2.75) is 38.4 Å². The third kappa shape index (κ3) is 5.84. The number of likely N-dealkylation sites (N-methyl/N-ethyl adjacent to an activating group) is 1. The molecule has 4 N–H and O–H groups in total. The minimum absolute atomic E-state index is 0.00172. The monoisotopic (exact) mass is 534 g/mol. The van der Waals surface area contributed by atoms with Gasteiger partial charge < -0.3 is 16.2 Å². The Bertz CT molecular complexity index is 1290. The van der Waals surface area contributed by atoms with E-state index in [0.717, 1.165) is 35.2 Å². The highest BCUT2D eigenvalue weighted by Gasteiger charge is 2.46. The van der Waals surface area contributed by atoms with Crippen molar-refractivity contribution < 1.29 is 37.1 Å². The lowest BCUT2D eigenvalue weighted by molar-refractivity contribution is -0.137. The summed E-state index contributed by atoms with van der Waals surface area (Å²) in [7, 11) is 0. The molecule has 1 heterocycles. The fourth-order valence-corrected chi connectivity index (χ4v) is 4.20. The highest BCUT2D eigenvalue weighted by Crippen LogP contribution is 2.37. The second-order valence-electron chi connectivity index (χ2n) is 8.48. The molecule has 3 rings (SSSR count). The summed E-state index contributed by atoms with van der Waals surface area (Å²) < 4.78 is 53.4. The quantitative estimate of drug-likeness (QED) is 0.369. The minimum Gasteiger partial charge on any atom is -0.477 e.